The molecule has 2 aromatic heterocycles. The molecular formula is C26H23F2N5O3. The van der Waals surface area contributed by atoms with Crippen molar-refractivity contribution in [1.29, 1.82) is 0 Å². The van der Waals surface area contributed by atoms with Gasteiger partial charge in [0.2, 0.25) is 5.91 Å². The molecule has 0 radical (unpaired) electrons. The van der Waals surface area contributed by atoms with Crippen LogP contribution in [0, 0.1) is 18.6 Å². The number of amides is 3. The topological polar surface area (TPSA) is 105 Å². The Kier molecular flexibility index (Phi) is 6.77. The van der Waals surface area contributed by atoms with Crippen molar-refractivity contribution in [2.45, 2.75) is 27.3 Å². The smallest absolute Gasteiger partial charge is 0.311 e. The molecule has 0 bridgehead atoms. The Morgan fingerprint density at radius 3 is 2.47 bits per heavy atom. The Morgan fingerprint density at radius 2 is 1.78 bits per heavy atom. The molecule has 0 atom stereocenters. The van der Waals surface area contributed by atoms with Crippen LogP contribution in [0.5, 0.6) is 0 Å². The fraction of sp³-hybridized carbons (Fsp3) is 0.154. The van der Waals surface area contributed by atoms with Gasteiger partial charge in [-0.2, -0.15) is 0 Å². The van der Waals surface area contributed by atoms with Gasteiger partial charge in [0.15, 0.2) is 0 Å². The molecule has 0 saturated heterocycles. The van der Waals surface area contributed by atoms with E-state index in [1.807, 2.05) is 6.92 Å². The number of anilines is 3. The number of nitrogens with zero attached hydrogens (tertiary/aromatic N) is 2. The second-order valence-electron chi connectivity index (χ2n) is 8.15. The second kappa shape index (κ2) is 9.95. The molecule has 2 aromatic carbocycles. The van der Waals surface area contributed by atoms with Gasteiger partial charge >= 0.3 is 6.03 Å². The van der Waals surface area contributed by atoms with Crippen LogP contribution in [0.3, 0.4) is 0 Å². The van der Waals surface area contributed by atoms with Crippen LogP contribution < -0.4 is 21.5 Å². The zero-order valence-electron chi connectivity index (χ0n) is 19.8. The average Bonchev–Trinajstić information content (AvgIpc) is 2.80. The van der Waals surface area contributed by atoms with Crippen LogP contribution in [0.1, 0.15) is 19.4 Å². The molecule has 0 fully saturated rings. The van der Waals surface area contributed by atoms with Gasteiger partial charge in [-0.15, -0.1) is 0 Å². The van der Waals surface area contributed by atoms with Crippen molar-refractivity contribution >= 4 is 40.0 Å². The maximum atomic E-state index is 14.7. The fourth-order valence-corrected chi connectivity index (χ4v) is 3.94. The number of carbonyl (C=O) groups excluding carboxylic acids is 2. The molecule has 2 heterocycles. The highest BCUT2D eigenvalue weighted by Crippen LogP contribution is 2.29. The van der Waals surface area contributed by atoms with Crippen molar-refractivity contribution in [3.05, 3.63) is 82.3 Å². The van der Waals surface area contributed by atoms with Crippen molar-refractivity contribution < 1.29 is 18.4 Å². The summed E-state index contributed by atoms with van der Waals surface area (Å²) in [7, 11) is 0. The molecule has 4 rings (SSSR count). The number of urea groups is 1. The Morgan fingerprint density at radius 1 is 1.00 bits per heavy atom. The number of fused-ring (bicyclic) bond motifs is 1. The van der Waals surface area contributed by atoms with Crippen molar-refractivity contribution in [2.75, 3.05) is 16.0 Å². The summed E-state index contributed by atoms with van der Waals surface area (Å²) in [6, 6.07) is 10.4. The molecule has 184 valence electrons. The Hall–Kier alpha value is -4.60. The van der Waals surface area contributed by atoms with Crippen LogP contribution in [-0.2, 0) is 11.3 Å². The van der Waals surface area contributed by atoms with Gasteiger partial charge in [-0.3, -0.25) is 9.59 Å². The third-order valence-electron chi connectivity index (χ3n) is 5.53. The fourth-order valence-electron chi connectivity index (χ4n) is 3.94. The molecule has 10 heteroatoms. The molecule has 0 saturated carbocycles. The van der Waals surface area contributed by atoms with Crippen LogP contribution in [0.4, 0.5) is 30.8 Å². The zero-order valence-corrected chi connectivity index (χ0v) is 19.8. The number of halogens is 2. The summed E-state index contributed by atoms with van der Waals surface area (Å²) in [4.78, 5) is 41.5. The molecule has 3 N–H and O–H groups in total. The van der Waals surface area contributed by atoms with Crippen molar-refractivity contribution in [1.82, 2.24) is 9.55 Å². The van der Waals surface area contributed by atoms with E-state index in [2.05, 4.69) is 20.9 Å². The van der Waals surface area contributed by atoms with E-state index in [-0.39, 0.29) is 22.8 Å². The van der Waals surface area contributed by atoms with E-state index >= 15 is 0 Å². The van der Waals surface area contributed by atoms with Crippen molar-refractivity contribution in [3.63, 3.8) is 0 Å². The molecule has 8 nitrogen and oxygen atoms in total. The Balaban J connectivity index is 1.74. The number of benzene rings is 2. The van der Waals surface area contributed by atoms with Gasteiger partial charge in [-0.25, -0.2) is 18.6 Å². The lowest BCUT2D eigenvalue weighted by atomic mass is 9.99. The number of aromatic nitrogens is 2. The number of carbonyl (C=O) groups is 2. The lowest BCUT2D eigenvalue weighted by molar-refractivity contribution is -0.114. The van der Waals surface area contributed by atoms with Crippen LogP contribution in [0.25, 0.3) is 22.0 Å². The quantitative estimate of drug-likeness (QED) is 0.354. The highest BCUT2D eigenvalue weighted by molar-refractivity contribution is 6.00. The first-order valence-corrected chi connectivity index (χ1v) is 11.1. The predicted octanol–water partition coefficient (Wildman–Crippen LogP) is 5.27. The molecular weight excluding hydrogens is 468 g/mol. The number of aryl methyl sites for hydroxylation is 2. The SMILES string of the molecule is CCn1c(=O)c(-c2cc(NC(=O)Nc3cccc(F)c3)c(F)cc2C)cc2cnc(NC(C)=O)cc21. The first-order valence-electron chi connectivity index (χ1n) is 11.1. The summed E-state index contributed by atoms with van der Waals surface area (Å²) in [5, 5.41) is 8.10. The van der Waals surface area contributed by atoms with Gasteiger partial charge in [-0.05, 0) is 61.4 Å². The molecule has 0 unspecified atom stereocenters. The third-order valence-corrected chi connectivity index (χ3v) is 5.53. The predicted molar refractivity (Wildman–Crippen MR) is 135 cm³/mol. The monoisotopic (exact) mass is 491 g/mol. The Labute approximate surface area is 205 Å². The van der Waals surface area contributed by atoms with E-state index in [1.165, 1.54) is 41.8 Å². The van der Waals surface area contributed by atoms with Crippen LogP contribution in [-0.4, -0.2) is 21.5 Å². The van der Waals surface area contributed by atoms with E-state index in [1.54, 1.807) is 25.3 Å². The maximum absolute atomic E-state index is 14.7. The Bertz CT molecular complexity index is 1570. The minimum absolute atomic E-state index is 0.147. The summed E-state index contributed by atoms with van der Waals surface area (Å²) >= 11 is 0. The minimum Gasteiger partial charge on any atom is -0.311 e. The van der Waals surface area contributed by atoms with Crippen LogP contribution >= 0.6 is 0 Å². The van der Waals surface area contributed by atoms with Crippen LogP contribution in [0.15, 0.2) is 59.5 Å². The second-order valence-corrected chi connectivity index (χ2v) is 8.15. The van der Waals surface area contributed by atoms with Gasteiger partial charge in [0.25, 0.3) is 5.56 Å². The number of hydrogen-bond acceptors (Lipinski definition) is 4. The van der Waals surface area contributed by atoms with Crippen LogP contribution in [0.2, 0.25) is 0 Å². The summed E-state index contributed by atoms with van der Waals surface area (Å²) in [5.74, 6) is -1.19. The summed E-state index contributed by atoms with van der Waals surface area (Å²) in [5.41, 5.74) is 1.53. The van der Waals surface area contributed by atoms with Gasteiger partial charge in [-0.1, -0.05) is 6.07 Å². The maximum Gasteiger partial charge on any atom is 0.323 e. The molecule has 36 heavy (non-hydrogen) atoms. The number of nitrogens with one attached hydrogen (secondary N) is 3. The molecule has 0 aliphatic heterocycles. The van der Waals surface area contributed by atoms with Gasteiger partial charge < -0.3 is 20.5 Å². The standard InChI is InChI=1S/C26H23F2N5O3/c1-4-33-23-12-24(30-15(3)34)29-13-16(23)9-20(25(33)35)19-11-22(21(28)8-14(19)2)32-26(36)31-18-7-5-6-17(27)10-18/h5-13H,4H2,1-3H3,(H,29,30,34)(H2,31,32,36). The molecule has 3 amide bonds. The lowest BCUT2D eigenvalue weighted by Gasteiger charge is -2.15. The van der Waals surface area contributed by atoms with E-state index < -0.39 is 17.7 Å². The molecule has 0 aliphatic rings. The van der Waals surface area contributed by atoms with Crippen molar-refractivity contribution in [3.8, 4) is 11.1 Å². The van der Waals surface area contributed by atoms with E-state index in [0.29, 0.717) is 40.0 Å². The summed E-state index contributed by atoms with van der Waals surface area (Å²) in [6.07, 6.45) is 1.54. The third kappa shape index (κ3) is 5.07. The first-order chi connectivity index (χ1) is 17.2. The lowest BCUT2D eigenvalue weighted by Crippen LogP contribution is -2.23. The highest BCUT2D eigenvalue weighted by atomic mass is 19.1. The summed E-state index contributed by atoms with van der Waals surface area (Å²) < 4.78 is 29.7. The first kappa shape index (κ1) is 24.5. The van der Waals surface area contributed by atoms with E-state index in [9.17, 15) is 23.2 Å². The van der Waals surface area contributed by atoms with E-state index in [4.69, 9.17) is 0 Å². The molecule has 0 spiro atoms. The van der Waals surface area contributed by atoms with Gasteiger partial charge in [0.1, 0.15) is 17.5 Å². The largest absolute Gasteiger partial charge is 0.323 e. The minimum atomic E-state index is -0.770. The zero-order chi connectivity index (χ0) is 26.0. The molecule has 0 aliphatic carbocycles. The molecule has 4 aromatic rings. The number of hydrogen-bond donors (Lipinski definition) is 3. The summed E-state index contributed by atoms with van der Waals surface area (Å²) in [6.45, 7) is 5.18. The van der Waals surface area contributed by atoms with Gasteiger partial charge in [0.05, 0.1) is 11.2 Å². The van der Waals surface area contributed by atoms with Crippen molar-refractivity contribution in [2.24, 2.45) is 0 Å². The number of rotatable bonds is 5. The van der Waals surface area contributed by atoms with Gasteiger partial charge in [0, 0.05) is 42.4 Å². The normalized spacial score (nSPS) is 10.8. The van der Waals surface area contributed by atoms with E-state index in [0.717, 1.165) is 6.07 Å². The highest BCUT2D eigenvalue weighted by Gasteiger charge is 2.17. The number of pyridine rings is 2. The average molecular weight is 491 g/mol.